The predicted octanol–water partition coefficient (Wildman–Crippen LogP) is 2.60. The summed E-state index contributed by atoms with van der Waals surface area (Å²) in [4.78, 5) is 0. The van der Waals surface area contributed by atoms with E-state index in [-0.39, 0.29) is 6.61 Å². The van der Waals surface area contributed by atoms with E-state index in [1.54, 1.807) is 0 Å². The Morgan fingerprint density at radius 2 is 1.69 bits per heavy atom. The molecule has 2 heteroatoms. The minimum atomic E-state index is 0.146. The van der Waals surface area contributed by atoms with Gasteiger partial charge in [0.15, 0.2) is 0 Å². The minimum Gasteiger partial charge on any atom is -0.394 e. The van der Waals surface area contributed by atoms with E-state index in [4.69, 9.17) is 9.84 Å². The molecular formula is C11H24O2. The topological polar surface area (TPSA) is 29.5 Å². The van der Waals surface area contributed by atoms with Gasteiger partial charge in [-0.15, -0.1) is 0 Å². The fraction of sp³-hybridized carbons (Fsp3) is 1.00. The van der Waals surface area contributed by atoms with Gasteiger partial charge in [0.05, 0.1) is 13.2 Å². The van der Waals surface area contributed by atoms with Gasteiger partial charge in [0.2, 0.25) is 0 Å². The maximum atomic E-state index is 8.44. The molecule has 13 heavy (non-hydrogen) atoms. The Morgan fingerprint density at radius 3 is 2.31 bits per heavy atom. The van der Waals surface area contributed by atoms with Gasteiger partial charge in [-0.05, 0) is 12.3 Å². The SMILES string of the molecule is CC(C)CCCCCCOCCO. The third kappa shape index (κ3) is 11.9. The van der Waals surface area contributed by atoms with Gasteiger partial charge in [0.25, 0.3) is 0 Å². The van der Waals surface area contributed by atoms with Gasteiger partial charge >= 0.3 is 0 Å². The average Bonchev–Trinajstić information content (AvgIpc) is 2.09. The molecule has 0 rings (SSSR count). The summed E-state index contributed by atoms with van der Waals surface area (Å²) in [6.07, 6.45) is 6.41. The van der Waals surface area contributed by atoms with Crippen molar-refractivity contribution in [3.05, 3.63) is 0 Å². The van der Waals surface area contributed by atoms with Crippen LogP contribution in [0.25, 0.3) is 0 Å². The third-order valence-corrected chi connectivity index (χ3v) is 2.06. The second-order valence-corrected chi connectivity index (χ2v) is 3.93. The lowest BCUT2D eigenvalue weighted by molar-refractivity contribution is 0.0895. The Kier molecular flexibility index (Phi) is 9.94. The molecule has 0 aromatic rings. The summed E-state index contributed by atoms with van der Waals surface area (Å²) in [5, 5.41) is 8.44. The van der Waals surface area contributed by atoms with Crippen LogP contribution in [-0.2, 0) is 4.74 Å². The Bertz CT molecular complexity index is 92.1. The molecule has 80 valence electrons. The summed E-state index contributed by atoms with van der Waals surface area (Å²) in [6.45, 7) is 5.98. The molecule has 2 nitrogen and oxygen atoms in total. The van der Waals surface area contributed by atoms with Crippen molar-refractivity contribution < 1.29 is 9.84 Å². The molecule has 0 saturated heterocycles. The average molecular weight is 188 g/mol. The number of rotatable bonds is 9. The van der Waals surface area contributed by atoms with Gasteiger partial charge in [-0.1, -0.05) is 39.5 Å². The number of unbranched alkanes of at least 4 members (excludes halogenated alkanes) is 3. The molecule has 0 fully saturated rings. The van der Waals surface area contributed by atoms with Crippen molar-refractivity contribution in [3.8, 4) is 0 Å². The van der Waals surface area contributed by atoms with Crippen LogP contribution in [0.2, 0.25) is 0 Å². The Labute approximate surface area is 82.3 Å². The van der Waals surface area contributed by atoms with E-state index in [2.05, 4.69) is 13.8 Å². The molecule has 0 amide bonds. The monoisotopic (exact) mass is 188 g/mol. The molecule has 0 aromatic heterocycles. The molecule has 0 bridgehead atoms. The van der Waals surface area contributed by atoms with Crippen LogP contribution in [0.1, 0.15) is 46.0 Å². The zero-order valence-corrected chi connectivity index (χ0v) is 9.09. The molecule has 0 radical (unpaired) electrons. The first-order chi connectivity index (χ1) is 6.27. The summed E-state index contributed by atoms with van der Waals surface area (Å²) in [6, 6.07) is 0. The van der Waals surface area contributed by atoms with E-state index in [1.807, 2.05) is 0 Å². The molecule has 0 unspecified atom stereocenters. The zero-order valence-electron chi connectivity index (χ0n) is 9.09. The van der Waals surface area contributed by atoms with Gasteiger partial charge in [0, 0.05) is 6.61 Å². The fourth-order valence-corrected chi connectivity index (χ4v) is 1.28. The summed E-state index contributed by atoms with van der Waals surface area (Å²) < 4.78 is 5.16. The molecule has 1 N–H and O–H groups in total. The summed E-state index contributed by atoms with van der Waals surface area (Å²) in [5.74, 6) is 0.839. The molecule has 0 spiro atoms. The van der Waals surface area contributed by atoms with E-state index in [0.717, 1.165) is 18.9 Å². The van der Waals surface area contributed by atoms with E-state index < -0.39 is 0 Å². The molecule has 0 heterocycles. The molecule has 0 atom stereocenters. The van der Waals surface area contributed by atoms with Crippen molar-refractivity contribution in [2.24, 2.45) is 5.92 Å². The Hall–Kier alpha value is -0.0800. The first-order valence-electron chi connectivity index (χ1n) is 5.46. The van der Waals surface area contributed by atoms with Crippen molar-refractivity contribution >= 4 is 0 Å². The lowest BCUT2D eigenvalue weighted by Gasteiger charge is -2.04. The number of aliphatic hydroxyl groups excluding tert-OH is 1. The van der Waals surface area contributed by atoms with Gasteiger partial charge in [-0.2, -0.15) is 0 Å². The number of hydrogen-bond acceptors (Lipinski definition) is 2. The molecule has 0 aliphatic carbocycles. The van der Waals surface area contributed by atoms with Crippen molar-refractivity contribution in [3.63, 3.8) is 0 Å². The summed E-state index contributed by atoms with van der Waals surface area (Å²) in [5.41, 5.74) is 0. The smallest absolute Gasteiger partial charge is 0.0697 e. The highest BCUT2D eigenvalue weighted by atomic mass is 16.5. The van der Waals surface area contributed by atoms with Crippen LogP contribution in [0.15, 0.2) is 0 Å². The second-order valence-electron chi connectivity index (χ2n) is 3.93. The van der Waals surface area contributed by atoms with Crippen LogP contribution >= 0.6 is 0 Å². The lowest BCUT2D eigenvalue weighted by Crippen LogP contribution is -2.00. The minimum absolute atomic E-state index is 0.146. The number of ether oxygens (including phenoxy) is 1. The van der Waals surface area contributed by atoms with E-state index in [9.17, 15) is 0 Å². The van der Waals surface area contributed by atoms with Crippen LogP contribution in [0, 0.1) is 5.92 Å². The van der Waals surface area contributed by atoms with Gasteiger partial charge in [0.1, 0.15) is 0 Å². The van der Waals surface area contributed by atoms with Crippen molar-refractivity contribution in [2.45, 2.75) is 46.0 Å². The molecule has 0 aliphatic heterocycles. The standard InChI is InChI=1S/C11H24O2/c1-11(2)7-5-3-4-6-9-13-10-8-12/h11-12H,3-10H2,1-2H3. The van der Waals surface area contributed by atoms with E-state index >= 15 is 0 Å². The van der Waals surface area contributed by atoms with Crippen LogP contribution in [0.3, 0.4) is 0 Å². The zero-order chi connectivity index (χ0) is 9.94. The number of aliphatic hydroxyl groups is 1. The van der Waals surface area contributed by atoms with E-state index in [0.29, 0.717) is 6.61 Å². The van der Waals surface area contributed by atoms with Gasteiger partial charge < -0.3 is 9.84 Å². The molecule has 0 saturated carbocycles. The highest BCUT2D eigenvalue weighted by molar-refractivity contribution is 4.47. The Morgan fingerprint density at radius 1 is 1.00 bits per heavy atom. The normalized spacial score (nSPS) is 11.1. The van der Waals surface area contributed by atoms with Crippen molar-refractivity contribution in [2.75, 3.05) is 19.8 Å². The molecule has 0 aromatic carbocycles. The molecule has 0 aliphatic rings. The maximum Gasteiger partial charge on any atom is 0.0697 e. The van der Waals surface area contributed by atoms with Gasteiger partial charge in [-0.25, -0.2) is 0 Å². The van der Waals surface area contributed by atoms with Crippen LogP contribution < -0.4 is 0 Å². The largest absolute Gasteiger partial charge is 0.394 e. The number of hydrogen-bond donors (Lipinski definition) is 1. The highest BCUT2D eigenvalue weighted by Crippen LogP contribution is 2.09. The second kappa shape index (κ2) is 10.0. The van der Waals surface area contributed by atoms with Crippen LogP contribution in [0.4, 0.5) is 0 Å². The predicted molar refractivity (Wildman–Crippen MR) is 55.8 cm³/mol. The quantitative estimate of drug-likeness (QED) is 0.564. The third-order valence-electron chi connectivity index (χ3n) is 2.06. The van der Waals surface area contributed by atoms with Gasteiger partial charge in [-0.3, -0.25) is 0 Å². The van der Waals surface area contributed by atoms with Crippen molar-refractivity contribution in [1.82, 2.24) is 0 Å². The summed E-state index contributed by atoms with van der Waals surface area (Å²) >= 11 is 0. The first-order valence-corrected chi connectivity index (χ1v) is 5.46. The van der Waals surface area contributed by atoms with Crippen LogP contribution in [0.5, 0.6) is 0 Å². The first kappa shape index (κ1) is 12.9. The highest BCUT2D eigenvalue weighted by Gasteiger charge is 1.94. The Balaban J connectivity index is 2.84. The fourth-order valence-electron chi connectivity index (χ4n) is 1.28. The lowest BCUT2D eigenvalue weighted by atomic mass is 10.0. The maximum absolute atomic E-state index is 8.44. The van der Waals surface area contributed by atoms with E-state index in [1.165, 1.54) is 25.7 Å². The molecular weight excluding hydrogens is 164 g/mol. The van der Waals surface area contributed by atoms with Crippen LogP contribution in [-0.4, -0.2) is 24.9 Å². The summed E-state index contributed by atoms with van der Waals surface area (Å²) in [7, 11) is 0. The van der Waals surface area contributed by atoms with Crippen molar-refractivity contribution in [1.29, 1.82) is 0 Å².